The summed E-state index contributed by atoms with van der Waals surface area (Å²) in [6, 6.07) is 3.91. The van der Waals surface area contributed by atoms with Crippen LogP contribution < -0.4 is 4.74 Å². The molecule has 0 bridgehead atoms. The predicted molar refractivity (Wildman–Crippen MR) is 75.3 cm³/mol. The SMILES string of the molecule is CC(C)N1CCOC(COc2ccc(F)cc2C(=O)O)C1. The average Bonchev–Trinajstić information content (AvgIpc) is 2.46. The molecule has 1 saturated heterocycles. The lowest BCUT2D eigenvalue weighted by Crippen LogP contribution is -2.47. The Kier molecular flexibility index (Phi) is 5.14. The molecule has 6 heteroatoms. The maximum absolute atomic E-state index is 13.1. The molecule has 1 fully saturated rings. The largest absolute Gasteiger partial charge is 0.490 e. The molecule has 1 atom stereocenters. The van der Waals surface area contributed by atoms with E-state index < -0.39 is 11.8 Å². The summed E-state index contributed by atoms with van der Waals surface area (Å²) in [6.07, 6.45) is -0.118. The molecule has 0 spiro atoms. The quantitative estimate of drug-likeness (QED) is 0.901. The molecule has 1 N–H and O–H groups in total. The van der Waals surface area contributed by atoms with Gasteiger partial charge in [-0.15, -0.1) is 0 Å². The smallest absolute Gasteiger partial charge is 0.339 e. The number of aromatic carboxylic acids is 1. The Bertz CT molecular complexity index is 506. The number of morpholine rings is 1. The number of carboxylic acids is 1. The molecule has 5 nitrogen and oxygen atoms in total. The summed E-state index contributed by atoms with van der Waals surface area (Å²) < 4.78 is 24.2. The Morgan fingerprint density at radius 1 is 1.57 bits per heavy atom. The van der Waals surface area contributed by atoms with E-state index >= 15 is 0 Å². The van der Waals surface area contributed by atoms with Gasteiger partial charge in [0, 0.05) is 19.1 Å². The minimum Gasteiger partial charge on any atom is -0.490 e. The highest BCUT2D eigenvalue weighted by Gasteiger charge is 2.23. The Hall–Kier alpha value is -1.66. The third-order valence-corrected chi connectivity index (χ3v) is 3.50. The van der Waals surface area contributed by atoms with Gasteiger partial charge in [-0.3, -0.25) is 4.90 Å². The second-order valence-corrected chi connectivity index (χ2v) is 5.34. The van der Waals surface area contributed by atoms with Crippen LogP contribution in [-0.2, 0) is 4.74 Å². The lowest BCUT2D eigenvalue weighted by Gasteiger charge is -2.35. The minimum absolute atomic E-state index is 0.118. The molecule has 1 aliphatic heterocycles. The number of benzene rings is 1. The van der Waals surface area contributed by atoms with Crippen molar-refractivity contribution in [2.24, 2.45) is 0 Å². The first-order chi connectivity index (χ1) is 9.97. The zero-order chi connectivity index (χ0) is 15.4. The summed E-state index contributed by atoms with van der Waals surface area (Å²) in [4.78, 5) is 13.4. The lowest BCUT2D eigenvalue weighted by atomic mass is 10.2. The monoisotopic (exact) mass is 297 g/mol. The van der Waals surface area contributed by atoms with E-state index in [2.05, 4.69) is 18.7 Å². The number of ether oxygens (including phenoxy) is 2. The van der Waals surface area contributed by atoms with Crippen LogP contribution in [0.25, 0.3) is 0 Å². The number of carboxylic acid groups (broad SMARTS) is 1. The van der Waals surface area contributed by atoms with E-state index in [0.717, 1.165) is 19.2 Å². The van der Waals surface area contributed by atoms with Gasteiger partial charge in [0.1, 0.15) is 29.8 Å². The van der Waals surface area contributed by atoms with Crippen molar-refractivity contribution in [3.63, 3.8) is 0 Å². The zero-order valence-corrected chi connectivity index (χ0v) is 12.2. The van der Waals surface area contributed by atoms with Gasteiger partial charge >= 0.3 is 5.97 Å². The molecule has 1 aliphatic rings. The maximum atomic E-state index is 13.1. The number of rotatable bonds is 5. The number of nitrogens with zero attached hydrogens (tertiary/aromatic N) is 1. The van der Waals surface area contributed by atoms with Crippen molar-refractivity contribution in [3.05, 3.63) is 29.6 Å². The van der Waals surface area contributed by atoms with E-state index in [4.69, 9.17) is 14.6 Å². The van der Waals surface area contributed by atoms with E-state index in [9.17, 15) is 9.18 Å². The van der Waals surface area contributed by atoms with Crippen LogP contribution in [0.3, 0.4) is 0 Å². The highest BCUT2D eigenvalue weighted by Crippen LogP contribution is 2.20. The number of hydrogen-bond acceptors (Lipinski definition) is 4. The Morgan fingerprint density at radius 2 is 2.33 bits per heavy atom. The summed E-state index contributed by atoms with van der Waals surface area (Å²) in [6.45, 7) is 6.72. The van der Waals surface area contributed by atoms with Crippen LogP contribution in [0.5, 0.6) is 5.75 Å². The molecule has 1 aromatic carbocycles. The maximum Gasteiger partial charge on any atom is 0.339 e. The normalized spacial score (nSPS) is 19.7. The topological polar surface area (TPSA) is 59.0 Å². The van der Waals surface area contributed by atoms with Crippen molar-refractivity contribution in [1.29, 1.82) is 0 Å². The van der Waals surface area contributed by atoms with Crippen molar-refractivity contribution in [1.82, 2.24) is 4.90 Å². The van der Waals surface area contributed by atoms with Crippen LogP contribution in [0.4, 0.5) is 4.39 Å². The molecule has 0 amide bonds. The molecule has 1 unspecified atom stereocenters. The highest BCUT2D eigenvalue weighted by molar-refractivity contribution is 5.90. The van der Waals surface area contributed by atoms with Gasteiger partial charge in [0.05, 0.1) is 6.61 Å². The van der Waals surface area contributed by atoms with Gasteiger partial charge in [0.15, 0.2) is 0 Å². The molecular formula is C15H20FNO4. The molecule has 116 valence electrons. The third kappa shape index (κ3) is 4.15. The molecular weight excluding hydrogens is 277 g/mol. The van der Waals surface area contributed by atoms with E-state index in [1.165, 1.54) is 12.1 Å². The van der Waals surface area contributed by atoms with E-state index in [-0.39, 0.29) is 24.0 Å². The Morgan fingerprint density at radius 3 is 3.00 bits per heavy atom. The van der Waals surface area contributed by atoms with Gasteiger partial charge in [0.2, 0.25) is 0 Å². The Balaban J connectivity index is 1.98. The second-order valence-electron chi connectivity index (χ2n) is 5.34. The highest BCUT2D eigenvalue weighted by atomic mass is 19.1. The van der Waals surface area contributed by atoms with Gasteiger partial charge in [0.25, 0.3) is 0 Å². The molecule has 0 aliphatic carbocycles. The van der Waals surface area contributed by atoms with Crippen LogP contribution >= 0.6 is 0 Å². The predicted octanol–water partition coefficient (Wildman–Crippen LogP) is 2.01. The Labute approximate surface area is 123 Å². The molecule has 0 aromatic heterocycles. The molecule has 0 radical (unpaired) electrons. The fourth-order valence-electron chi connectivity index (χ4n) is 2.29. The van der Waals surface area contributed by atoms with Crippen LogP contribution in [0, 0.1) is 5.82 Å². The molecule has 1 aromatic rings. The lowest BCUT2D eigenvalue weighted by molar-refractivity contribution is -0.0565. The first-order valence-corrected chi connectivity index (χ1v) is 6.98. The van der Waals surface area contributed by atoms with Crippen molar-refractivity contribution < 1.29 is 23.8 Å². The van der Waals surface area contributed by atoms with E-state index in [0.29, 0.717) is 12.6 Å². The van der Waals surface area contributed by atoms with Gasteiger partial charge in [-0.25, -0.2) is 9.18 Å². The number of hydrogen-bond donors (Lipinski definition) is 1. The van der Waals surface area contributed by atoms with Crippen LogP contribution in [0.2, 0.25) is 0 Å². The fraction of sp³-hybridized carbons (Fsp3) is 0.533. The fourth-order valence-corrected chi connectivity index (χ4v) is 2.29. The van der Waals surface area contributed by atoms with Gasteiger partial charge < -0.3 is 14.6 Å². The van der Waals surface area contributed by atoms with Crippen molar-refractivity contribution in [2.75, 3.05) is 26.3 Å². The standard InChI is InChI=1S/C15H20FNO4/c1-10(2)17-5-6-20-12(8-17)9-21-14-4-3-11(16)7-13(14)15(18)19/h3-4,7,10,12H,5-6,8-9H2,1-2H3,(H,18,19). The minimum atomic E-state index is -1.21. The zero-order valence-electron chi connectivity index (χ0n) is 12.2. The second kappa shape index (κ2) is 6.87. The van der Waals surface area contributed by atoms with Gasteiger partial charge in [-0.05, 0) is 32.0 Å². The molecule has 2 rings (SSSR count). The summed E-state index contributed by atoms with van der Waals surface area (Å²) in [7, 11) is 0. The summed E-state index contributed by atoms with van der Waals surface area (Å²) in [5.74, 6) is -1.65. The third-order valence-electron chi connectivity index (χ3n) is 3.50. The average molecular weight is 297 g/mol. The van der Waals surface area contributed by atoms with Crippen molar-refractivity contribution in [2.45, 2.75) is 26.0 Å². The van der Waals surface area contributed by atoms with Crippen LogP contribution in [0.15, 0.2) is 18.2 Å². The summed E-state index contributed by atoms with van der Waals surface area (Å²) >= 11 is 0. The van der Waals surface area contributed by atoms with E-state index in [1.54, 1.807) is 0 Å². The van der Waals surface area contributed by atoms with Gasteiger partial charge in [-0.1, -0.05) is 0 Å². The molecule has 21 heavy (non-hydrogen) atoms. The van der Waals surface area contributed by atoms with Crippen LogP contribution in [0.1, 0.15) is 24.2 Å². The first kappa shape index (κ1) is 15.7. The number of carbonyl (C=O) groups is 1. The van der Waals surface area contributed by atoms with Crippen molar-refractivity contribution >= 4 is 5.97 Å². The summed E-state index contributed by atoms with van der Waals surface area (Å²) in [5.41, 5.74) is -0.175. The summed E-state index contributed by atoms with van der Waals surface area (Å²) in [5, 5.41) is 9.06. The van der Waals surface area contributed by atoms with Gasteiger partial charge in [-0.2, -0.15) is 0 Å². The number of halogens is 1. The van der Waals surface area contributed by atoms with Crippen LogP contribution in [-0.4, -0.2) is 54.4 Å². The molecule has 0 saturated carbocycles. The van der Waals surface area contributed by atoms with E-state index in [1.807, 2.05) is 0 Å². The first-order valence-electron chi connectivity index (χ1n) is 6.98. The molecule has 1 heterocycles. The van der Waals surface area contributed by atoms with Crippen molar-refractivity contribution in [3.8, 4) is 5.75 Å².